The third-order valence-electron chi connectivity index (χ3n) is 4.24. The minimum atomic E-state index is -1.40. The lowest BCUT2D eigenvalue weighted by Gasteiger charge is -2.46. The number of hydrogen-bond donors (Lipinski definition) is 1. The molecule has 1 atom stereocenters. The zero-order valence-corrected chi connectivity index (χ0v) is 13.2. The molecule has 0 aliphatic carbocycles. The van der Waals surface area contributed by atoms with E-state index >= 15 is 0 Å². The Labute approximate surface area is 131 Å². The van der Waals surface area contributed by atoms with Crippen molar-refractivity contribution >= 4 is 11.6 Å². The predicted octanol–water partition coefficient (Wildman–Crippen LogP) is 3.22. The van der Waals surface area contributed by atoms with Crippen molar-refractivity contribution in [2.24, 2.45) is 0 Å². The topological polar surface area (TPSA) is 40.5 Å². The molecule has 0 spiro atoms. The van der Waals surface area contributed by atoms with Gasteiger partial charge in [-0.25, -0.2) is 0 Å². The summed E-state index contributed by atoms with van der Waals surface area (Å²) in [6.45, 7) is 6.67. The van der Waals surface area contributed by atoms with Crippen LogP contribution < -0.4 is 4.90 Å². The van der Waals surface area contributed by atoms with Crippen LogP contribution >= 0.6 is 0 Å². The Balaban J connectivity index is 1.94. The highest BCUT2D eigenvalue weighted by atomic mass is 16.3. The van der Waals surface area contributed by atoms with E-state index in [1.165, 1.54) is 0 Å². The molecule has 1 aliphatic rings. The molecule has 2 aromatic rings. The van der Waals surface area contributed by atoms with Gasteiger partial charge < -0.3 is 10.0 Å². The number of hydrogen-bond acceptors (Lipinski definition) is 2. The van der Waals surface area contributed by atoms with Crippen molar-refractivity contribution in [1.82, 2.24) is 0 Å². The van der Waals surface area contributed by atoms with E-state index in [-0.39, 0.29) is 11.3 Å². The molecule has 0 aromatic heterocycles. The molecule has 3 nitrogen and oxygen atoms in total. The zero-order valence-electron chi connectivity index (χ0n) is 13.2. The summed E-state index contributed by atoms with van der Waals surface area (Å²) in [5.41, 5.74) is 1.20. The minimum Gasteiger partial charge on any atom is -0.374 e. The SMILES string of the molecule is CC(C)(C)c1ccccc1N1C[C@@](O)(c2ccccc2)C1=O. The van der Waals surface area contributed by atoms with Gasteiger partial charge in [-0.05, 0) is 22.6 Å². The molecule has 0 radical (unpaired) electrons. The standard InChI is InChI=1S/C19H21NO2/c1-18(2,3)15-11-7-8-12-16(15)20-13-19(22,17(20)21)14-9-5-4-6-10-14/h4-12,22H,13H2,1-3H3/t19-/m1/s1. The molecule has 1 amide bonds. The van der Waals surface area contributed by atoms with Gasteiger partial charge in [0.2, 0.25) is 0 Å². The summed E-state index contributed by atoms with van der Waals surface area (Å²) >= 11 is 0. The molecule has 1 aliphatic heterocycles. The van der Waals surface area contributed by atoms with Crippen molar-refractivity contribution in [3.63, 3.8) is 0 Å². The maximum absolute atomic E-state index is 12.6. The Kier molecular flexibility index (Phi) is 3.33. The van der Waals surface area contributed by atoms with Crippen molar-refractivity contribution in [2.75, 3.05) is 11.4 Å². The maximum Gasteiger partial charge on any atom is 0.265 e. The first-order chi connectivity index (χ1) is 10.3. The van der Waals surface area contributed by atoms with Crippen LogP contribution in [0.15, 0.2) is 54.6 Å². The van der Waals surface area contributed by atoms with E-state index in [1.807, 2.05) is 42.5 Å². The molecule has 1 N–H and O–H groups in total. The van der Waals surface area contributed by atoms with Gasteiger partial charge in [-0.2, -0.15) is 0 Å². The lowest BCUT2D eigenvalue weighted by Crippen LogP contribution is -2.65. The second-order valence-electron chi connectivity index (χ2n) is 6.88. The lowest BCUT2D eigenvalue weighted by molar-refractivity contribution is -0.147. The fourth-order valence-electron chi connectivity index (χ4n) is 2.97. The molecule has 0 bridgehead atoms. The first-order valence-corrected chi connectivity index (χ1v) is 7.53. The monoisotopic (exact) mass is 295 g/mol. The molecule has 22 heavy (non-hydrogen) atoms. The highest BCUT2D eigenvalue weighted by molar-refractivity contribution is 6.07. The number of nitrogens with zero attached hydrogens (tertiary/aromatic N) is 1. The van der Waals surface area contributed by atoms with E-state index in [0.717, 1.165) is 11.3 Å². The van der Waals surface area contributed by atoms with Crippen molar-refractivity contribution < 1.29 is 9.90 Å². The van der Waals surface area contributed by atoms with Crippen LogP contribution in [-0.4, -0.2) is 17.6 Å². The lowest BCUT2D eigenvalue weighted by atomic mass is 9.81. The summed E-state index contributed by atoms with van der Waals surface area (Å²) in [6.07, 6.45) is 0. The van der Waals surface area contributed by atoms with E-state index in [4.69, 9.17) is 0 Å². The Bertz CT molecular complexity index is 703. The number of amides is 1. The van der Waals surface area contributed by atoms with Crippen molar-refractivity contribution in [3.05, 3.63) is 65.7 Å². The van der Waals surface area contributed by atoms with Gasteiger partial charge in [0, 0.05) is 5.69 Å². The molecule has 3 heteroatoms. The van der Waals surface area contributed by atoms with Gasteiger partial charge in [0.25, 0.3) is 5.91 Å². The molecule has 1 heterocycles. The Morgan fingerprint density at radius 2 is 1.59 bits per heavy atom. The Hall–Kier alpha value is -2.13. The maximum atomic E-state index is 12.6. The Morgan fingerprint density at radius 3 is 2.18 bits per heavy atom. The number of carbonyl (C=O) groups is 1. The van der Waals surface area contributed by atoms with Gasteiger partial charge in [-0.3, -0.25) is 4.79 Å². The molecule has 1 saturated heterocycles. The molecular weight excluding hydrogens is 274 g/mol. The van der Waals surface area contributed by atoms with E-state index in [0.29, 0.717) is 12.1 Å². The fourth-order valence-corrected chi connectivity index (χ4v) is 2.97. The van der Waals surface area contributed by atoms with Crippen LogP contribution in [0.5, 0.6) is 0 Å². The number of aliphatic hydroxyl groups is 1. The smallest absolute Gasteiger partial charge is 0.265 e. The van der Waals surface area contributed by atoms with Crippen molar-refractivity contribution in [1.29, 1.82) is 0 Å². The van der Waals surface area contributed by atoms with E-state index in [1.54, 1.807) is 17.0 Å². The molecular formula is C19H21NO2. The molecule has 3 rings (SSSR count). The minimum absolute atomic E-state index is 0.0582. The normalized spacial score (nSPS) is 21.6. The summed E-state index contributed by atoms with van der Waals surface area (Å²) in [7, 11) is 0. The average Bonchev–Trinajstić information content (AvgIpc) is 2.52. The number of rotatable bonds is 2. The summed E-state index contributed by atoms with van der Waals surface area (Å²) in [5, 5.41) is 10.7. The molecule has 0 saturated carbocycles. The summed E-state index contributed by atoms with van der Waals surface area (Å²) in [4.78, 5) is 14.3. The second kappa shape index (κ2) is 4.96. The number of β-lactam (4-membered cyclic amide) rings is 1. The van der Waals surface area contributed by atoms with E-state index < -0.39 is 5.60 Å². The van der Waals surface area contributed by atoms with Gasteiger partial charge in [-0.1, -0.05) is 69.3 Å². The van der Waals surface area contributed by atoms with Gasteiger partial charge in [0.05, 0.1) is 6.54 Å². The first-order valence-electron chi connectivity index (χ1n) is 7.53. The fraction of sp³-hybridized carbons (Fsp3) is 0.316. The quantitative estimate of drug-likeness (QED) is 0.864. The number of β-amino-alcohol motifs (C(OH)–C–C–N with tert-alkyl or cyclic N) is 1. The predicted molar refractivity (Wildman–Crippen MR) is 87.8 cm³/mol. The molecule has 2 aromatic carbocycles. The Morgan fingerprint density at radius 1 is 1.00 bits per heavy atom. The average molecular weight is 295 g/mol. The summed E-state index contributed by atoms with van der Waals surface area (Å²) in [6, 6.07) is 17.1. The second-order valence-corrected chi connectivity index (χ2v) is 6.88. The first kappa shape index (κ1) is 14.8. The number of para-hydroxylation sites is 1. The molecule has 114 valence electrons. The highest BCUT2D eigenvalue weighted by Crippen LogP contribution is 2.40. The highest BCUT2D eigenvalue weighted by Gasteiger charge is 2.53. The van der Waals surface area contributed by atoms with Crippen LogP contribution in [0.4, 0.5) is 5.69 Å². The summed E-state index contributed by atoms with van der Waals surface area (Å²) in [5.74, 6) is -0.254. The number of anilines is 1. The van der Waals surface area contributed by atoms with Crippen molar-refractivity contribution in [2.45, 2.75) is 31.8 Å². The van der Waals surface area contributed by atoms with Gasteiger partial charge in [0.1, 0.15) is 0 Å². The largest absolute Gasteiger partial charge is 0.374 e. The van der Waals surface area contributed by atoms with Crippen LogP contribution in [0, 0.1) is 0 Å². The van der Waals surface area contributed by atoms with E-state index in [9.17, 15) is 9.90 Å². The van der Waals surface area contributed by atoms with Crippen molar-refractivity contribution in [3.8, 4) is 0 Å². The van der Waals surface area contributed by atoms with Crippen LogP contribution in [0.2, 0.25) is 0 Å². The number of benzene rings is 2. The third-order valence-corrected chi connectivity index (χ3v) is 4.24. The zero-order chi connectivity index (χ0) is 16.0. The van der Waals surface area contributed by atoms with E-state index in [2.05, 4.69) is 20.8 Å². The van der Waals surface area contributed by atoms with Gasteiger partial charge in [-0.15, -0.1) is 0 Å². The number of carbonyl (C=O) groups excluding carboxylic acids is 1. The summed E-state index contributed by atoms with van der Waals surface area (Å²) < 4.78 is 0. The molecule has 0 unspecified atom stereocenters. The van der Waals surface area contributed by atoms with Gasteiger partial charge >= 0.3 is 0 Å². The molecule has 1 fully saturated rings. The van der Waals surface area contributed by atoms with Crippen LogP contribution in [0.25, 0.3) is 0 Å². The van der Waals surface area contributed by atoms with Crippen LogP contribution in [0.3, 0.4) is 0 Å². The third kappa shape index (κ3) is 2.22. The van der Waals surface area contributed by atoms with Crippen LogP contribution in [0.1, 0.15) is 31.9 Å². The van der Waals surface area contributed by atoms with Gasteiger partial charge in [0.15, 0.2) is 5.60 Å². The van der Waals surface area contributed by atoms with Crippen LogP contribution in [-0.2, 0) is 15.8 Å².